The number of aromatic carboxylic acids is 1. The molecule has 0 aromatic heterocycles. The van der Waals surface area contributed by atoms with Gasteiger partial charge in [0.25, 0.3) is 0 Å². The van der Waals surface area contributed by atoms with Crippen LogP contribution in [0, 0.1) is 25.7 Å². The predicted octanol–water partition coefficient (Wildman–Crippen LogP) is 2.28. The summed E-state index contributed by atoms with van der Waals surface area (Å²) in [4.78, 5) is 11.3. The second kappa shape index (κ2) is 5.42. The molecule has 2 rings (SSSR count). The van der Waals surface area contributed by atoms with Crippen LogP contribution in [0.25, 0.3) is 0 Å². The van der Waals surface area contributed by atoms with Crippen LogP contribution in [0.3, 0.4) is 0 Å². The smallest absolute Gasteiger partial charge is 0.335 e. The van der Waals surface area contributed by atoms with Crippen LogP contribution < -0.4 is 0 Å². The molecule has 0 spiro atoms. The van der Waals surface area contributed by atoms with E-state index in [0.29, 0.717) is 36.1 Å². The Morgan fingerprint density at radius 1 is 1.19 bits per heavy atom. The number of hydrogen-bond acceptors (Lipinski definition) is 3. The zero-order chi connectivity index (χ0) is 15.9. The fourth-order valence-electron chi connectivity index (χ4n) is 2.63. The number of rotatable bonds is 3. The van der Waals surface area contributed by atoms with Crippen molar-refractivity contribution in [1.82, 2.24) is 4.31 Å². The number of carboxylic acids is 1. The Kier molecular flexibility index (Phi) is 4.13. The van der Waals surface area contributed by atoms with Crippen LogP contribution in [0.1, 0.15) is 35.3 Å². The molecule has 1 heterocycles. The van der Waals surface area contributed by atoms with Gasteiger partial charge < -0.3 is 5.11 Å². The second-order valence-electron chi connectivity index (χ2n) is 6.00. The van der Waals surface area contributed by atoms with Crippen molar-refractivity contribution in [1.29, 1.82) is 0 Å². The summed E-state index contributed by atoms with van der Waals surface area (Å²) in [6.45, 7) is 8.49. The zero-order valence-corrected chi connectivity index (χ0v) is 13.6. The molecule has 1 aliphatic heterocycles. The van der Waals surface area contributed by atoms with E-state index in [1.807, 2.05) is 13.8 Å². The van der Waals surface area contributed by atoms with Crippen LogP contribution in [0.5, 0.6) is 0 Å². The van der Waals surface area contributed by atoms with Crippen molar-refractivity contribution in [3.05, 3.63) is 28.8 Å². The number of hydrogen-bond donors (Lipinski definition) is 1. The van der Waals surface area contributed by atoms with Gasteiger partial charge in [-0.3, -0.25) is 0 Å². The minimum Gasteiger partial charge on any atom is -0.478 e. The van der Waals surface area contributed by atoms with E-state index in [2.05, 4.69) is 0 Å². The summed E-state index contributed by atoms with van der Waals surface area (Å²) >= 11 is 0. The Hall–Kier alpha value is -1.40. The van der Waals surface area contributed by atoms with Crippen LogP contribution >= 0.6 is 0 Å². The predicted molar refractivity (Wildman–Crippen MR) is 80.0 cm³/mol. The topological polar surface area (TPSA) is 74.7 Å². The van der Waals surface area contributed by atoms with Gasteiger partial charge in [0.1, 0.15) is 0 Å². The first kappa shape index (κ1) is 16.0. The third kappa shape index (κ3) is 2.82. The van der Waals surface area contributed by atoms with Gasteiger partial charge in [-0.25, -0.2) is 13.2 Å². The minimum atomic E-state index is -3.64. The maximum Gasteiger partial charge on any atom is 0.335 e. The summed E-state index contributed by atoms with van der Waals surface area (Å²) in [5.41, 5.74) is 1.30. The number of carboxylic acid groups (broad SMARTS) is 1. The van der Waals surface area contributed by atoms with E-state index in [0.717, 1.165) is 0 Å². The third-order valence-electron chi connectivity index (χ3n) is 4.44. The minimum absolute atomic E-state index is 0.0111. The Morgan fingerprint density at radius 2 is 1.71 bits per heavy atom. The van der Waals surface area contributed by atoms with Crippen LogP contribution in [0.15, 0.2) is 17.0 Å². The molecule has 2 atom stereocenters. The molecule has 0 bridgehead atoms. The van der Waals surface area contributed by atoms with Gasteiger partial charge in [0, 0.05) is 13.1 Å². The lowest BCUT2D eigenvalue weighted by molar-refractivity contribution is 0.0696. The van der Waals surface area contributed by atoms with Crippen LogP contribution in [-0.4, -0.2) is 36.9 Å². The highest BCUT2D eigenvalue weighted by molar-refractivity contribution is 7.89. The van der Waals surface area contributed by atoms with Crippen molar-refractivity contribution in [3.8, 4) is 0 Å². The Balaban J connectivity index is 2.52. The van der Waals surface area contributed by atoms with Crippen molar-refractivity contribution >= 4 is 16.0 Å². The highest BCUT2D eigenvalue weighted by Crippen LogP contribution is 2.30. The average Bonchev–Trinajstić information content (AvgIpc) is 2.73. The normalized spacial score (nSPS) is 23.4. The number of nitrogens with zero attached hydrogens (tertiary/aromatic N) is 1. The van der Waals surface area contributed by atoms with Crippen LogP contribution in [-0.2, 0) is 10.0 Å². The van der Waals surface area contributed by atoms with Gasteiger partial charge in [0.05, 0.1) is 10.5 Å². The van der Waals surface area contributed by atoms with Crippen molar-refractivity contribution in [2.24, 2.45) is 11.8 Å². The maximum absolute atomic E-state index is 12.8. The second-order valence-corrected chi connectivity index (χ2v) is 7.90. The molecule has 1 fully saturated rings. The van der Waals surface area contributed by atoms with Gasteiger partial charge in [-0.2, -0.15) is 4.31 Å². The SMILES string of the molecule is Cc1cc(C(=O)O)cc(S(=O)(=O)N2CC(C)C(C)C2)c1C. The number of aryl methyl sites for hydroxylation is 1. The van der Waals surface area contributed by atoms with E-state index in [-0.39, 0.29) is 10.5 Å². The molecule has 6 heteroatoms. The van der Waals surface area contributed by atoms with Crippen molar-refractivity contribution in [2.75, 3.05) is 13.1 Å². The molecule has 21 heavy (non-hydrogen) atoms. The van der Waals surface area contributed by atoms with Gasteiger partial charge in [-0.05, 0) is 48.9 Å². The summed E-state index contributed by atoms with van der Waals surface area (Å²) in [5, 5.41) is 9.13. The van der Waals surface area contributed by atoms with Gasteiger partial charge in [0.15, 0.2) is 0 Å². The molecular weight excluding hydrogens is 290 g/mol. The first-order valence-electron chi connectivity index (χ1n) is 6.99. The summed E-state index contributed by atoms with van der Waals surface area (Å²) in [6.07, 6.45) is 0. The lowest BCUT2D eigenvalue weighted by atomic mass is 10.0. The third-order valence-corrected chi connectivity index (χ3v) is 6.40. The first-order chi connectivity index (χ1) is 9.64. The van der Waals surface area contributed by atoms with Crippen molar-refractivity contribution in [3.63, 3.8) is 0 Å². The molecule has 1 aliphatic rings. The maximum atomic E-state index is 12.8. The van der Waals surface area contributed by atoms with Gasteiger partial charge in [-0.1, -0.05) is 13.8 Å². The molecule has 0 radical (unpaired) electrons. The van der Waals surface area contributed by atoms with Crippen molar-refractivity contribution < 1.29 is 18.3 Å². The molecular formula is C15H21NO4S. The lowest BCUT2D eigenvalue weighted by Gasteiger charge is -2.19. The van der Waals surface area contributed by atoms with E-state index >= 15 is 0 Å². The van der Waals surface area contributed by atoms with Crippen molar-refractivity contribution in [2.45, 2.75) is 32.6 Å². The Labute approximate surface area is 125 Å². The zero-order valence-electron chi connectivity index (χ0n) is 12.8. The summed E-state index contributed by atoms with van der Waals surface area (Å²) in [7, 11) is -3.64. The van der Waals surface area contributed by atoms with Crippen LogP contribution in [0.2, 0.25) is 0 Å². The molecule has 1 N–H and O–H groups in total. The van der Waals surface area contributed by atoms with E-state index in [4.69, 9.17) is 5.11 Å². The van der Waals surface area contributed by atoms with E-state index in [9.17, 15) is 13.2 Å². The van der Waals surface area contributed by atoms with Crippen LogP contribution in [0.4, 0.5) is 0 Å². The Bertz CT molecular complexity index is 671. The average molecular weight is 311 g/mol. The Morgan fingerprint density at radius 3 is 2.19 bits per heavy atom. The summed E-state index contributed by atoms with van der Waals surface area (Å²) in [5.74, 6) is -0.495. The fraction of sp³-hybridized carbons (Fsp3) is 0.533. The van der Waals surface area contributed by atoms with Gasteiger partial charge >= 0.3 is 5.97 Å². The molecule has 0 aliphatic carbocycles. The highest BCUT2D eigenvalue weighted by atomic mass is 32.2. The standard InChI is InChI=1S/C15H21NO4S/c1-9-5-13(15(17)18)6-14(12(9)4)21(19,20)16-7-10(2)11(3)8-16/h5-6,10-11H,7-8H2,1-4H3,(H,17,18). The van der Waals surface area contributed by atoms with E-state index < -0.39 is 16.0 Å². The molecule has 116 valence electrons. The first-order valence-corrected chi connectivity index (χ1v) is 8.43. The number of sulfonamides is 1. The molecule has 5 nitrogen and oxygen atoms in total. The fourth-order valence-corrected chi connectivity index (χ4v) is 4.60. The molecule has 1 aromatic carbocycles. The molecule has 0 amide bonds. The monoisotopic (exact) mass is 311 g/mol. The van der Waals surface area contributed by atoms with Gasteiger partial charge in [0.2, 0.25) is 10.0 Å². The molecule has 1 aromatic rings. The number of benzene rings is 1. The summed E-state index contributed by atoms with van der Waals surface area (Å²) < 4.78 is 27.1. The highest BCUT2D eigenvalue weighted by Gasteiger charge is 2.36. The molecule has 1 saturated heterocycles. The molecule has 2 unspecified atom stereocenters. The quantitative estimate of drug-likeness (QED) is 0.929. The van der Waals surface area contributed by atoms with E-state index in [1.54, 1.807) is 13.8 Å². The van der Waals surface area contributed by atoms with E-state index in [1.165, 1.54) is 16.4 Å². The largest absolute Gasteiger partial charge is 0.478 e. The van der Waals surface area contributed by atoms with Gasteiger partial charge in [-0.15, -0.1) is 0 Å². The molecule has 0 saturated carbocycles. The lowest BCUT2D eigenvalue weighted by Crippen LogP contribution is -2.30. The number of carbonyl (C=O) groups is 1. The summed E-state index contributed by atoms with van der Waals surface area (Å²) in [6, 6.07) is 2.78.